The SMILES string of the molecule is Cc1cc(C(=O)N2CC3C(C2)C3(CO)CO)nn1C. The molecule has 2 aliphatic rings. The number of aliphatic hydroxyl groups is 2. The maximum Gasteiger partial charge on any atom is 0.274 e. The first-order valence-corrected chi connectivity index (χ1v) is 6.55. The summed E-state index contributed by atoms with van der Waals surface area (Å²) in [4.78, 5) is 14.1. The minimum absolute atomic E-state index is 0.00353. The number of aryl methyl sites for hydroxylation is 2. The topological polar surface area (TPSA) is 78.6 Å². The molecule has 1 saturated carbocycles. The van der Waals surface area contributed by atoms with Gasteiger partial charge in [0.25, 0.3) is 5.91 Å². The smallest absolute Gasteiger partial charge is 0.274 e. The highest BCUT2D eigenvalue weighted by atomic mass is 16.3. The molecule has 0 spiro atoms. The third kappa shape index (κ3) is 1.63. The molecule has 0 bridgehead atoms. The molecule has 6 nitrogen and oxygen atoms in total. The van der Waals surface area contributed by atoms with E-state index in [1.54, 1.807) is 15.6 Å². The van der Waals surface area contributed by atoms with Crippen molar-refractivity contribution in [3.63, 3.8) is 0 Å². The average Bonchev–Trinajstić information content (AvgIpc) is 2.71. The molecule has 2 atom stereocenters. The number of carbonyl (C=O) groups is 1. The van der Waals surface area contributed by atoms with Crippen LogP contribution >= 0.6 is 0 Å². The van der Waals surface area contributed by atoms with E-state index in [-0.39, 0.29) is 36.4 Å². The van der Waals surface area contributed by atoms with Crippen molar-refractivity contribution in [3.05, 3.63) is 17.5 Å². The predicted octanol–water partition coefficient (Wildman–Crippen LogP) is -0.599. The molecule has 0 aromatic carbocycles. The Kier molecular flexibility index (Phi) is 2.69. The molecular weight excluding hydrogens is 246 g/mol. The lowest BCUT2D eigenvalue weighted by Crippen LogP contribution is -2.36. The van der Waals surface area contributed by atoms with E-state index in [0.29, 0.717) is 18.8 Å². The van der Waals surface area contributed by atoms with E-state index in [1.807, 2.05) is 14.0 Å². The predicted molar refractivity (Wildman–Crippen MR) is 67.4 cm³/mol. The number of aliphatic hydroxyl groups excluding tert-OH is 2. The van der Waals surface area contributed by atoms with Crippen LogP contribution in [0.25, 0.3) is 0 Å². The van der Waals surface area contributed by atoms with Gasteiger partial charge in [-0.25, -0.2) is 0 Å². The van der Waals surface area contributed by atoms with Crippen LogP contribution in [-0.2, 0) is 7.05 Å². The Morgan fingerprint density at radius 2 is 2.00 bits per heavy atom. The second-order valence-corrected chi connectivity index (χ2v) is 5.77. The Bertz CT molecular complexity index is 488. The molecule has 0 radical (unpaired) electrons. The average molecular weight is 265 g/mol. The molecule has 19 heavy (non-hydrogen) atoms. The zero-order valence-electron chi connectivity index (χ0n) is 11.2. The van der Waals surface area contributed by atoms with Crippen LogP contribution in [-0.4, -0.2) is 57.1 Å². The number of likely N-dealkylation sites (tertiary alicyclic amines) is 1. The Morgan fingerprint density at radius 3 is 2.42 bits per heavy atom. The van der Waals surface area contributed by atoms with Crippen molar-refractivity contribution >= 4 is 5.91 Å². The monoisotopic (exact) mass is 265 g/mol. The Morgan fingerprint density at radius 1 is 1.42 bits per heavy atom. The summed E-state index contributed by atoms with van der Waals surface area (Å²) in [7, 11) is 1.82. The molecule has 1 amide bonds. The van der Waals surface area contributed by atoms with Crippen molar-refractivity contribution in [2.45, 2.75) is 6.92 Å². The molecular formula is C13H19N3O3. The number of rotatable bonds is 3. The van der Waals surface area contributed by atoms with Crippen molar-refractivity contribution in [1.29, 1.82) is 0 Å². The highest BCUT2D eigenvalue weighted by molar-refractivity contribution is 5.92. The van der Waals surface area contributed by atoms with E-state index >= 15 is 0 Å². The van der Waals surface area contributed by atoms with Crippen molar-refractivity contribution in [1.82, 2.24) is 14.7 Å². The second kappa shape index (κ2) is 4.05. The normalized spacial score (nSPS) is 27.5. The molecule has 104 valence electrons. The standard InChI is InChI=1S/C13H19N3O3/c1-8-3-11(14-15(8)2)12(19)16-4-9-10(5-16)13(9,6-17)7-18/h3,9-10,17-18H,4-7H2,1-2H3. The summed E-state index contributed by atoms with van der Waals surface area (Å²) in [6.45, 7) is 3.14. The van der Waals surface area contributed by atoms with E-state index in [1.165, 1.54) is 0 Å². The molecule has 6 heteroatoms. The van der Waals surface area contributed by atoms with Gasteiger partial charge in [-0.2, -0.15) is 5.10 Å². The molecule has 3 rings (SSSR count). The molecule has 1 saturated heterocycles. The maximum absolute atomic E-state index is 12.3. The van der Waals surface area contributed by atoms with E-state index in [2.05, 4.69) is 5.10 Å². The van der Waals surface area contributed by atoms with Crippen LogP contribution in [0.2, 0.25) is 0 Å². The molecule has 2 N–H and O–H groups in total. The summed E-state index contributed by atoms with van der Waals surface area (Å²) < 4.78 is 1.69. The molecule has 1 aromatic rings. The van der Waals surface area contributed by atoms with Crippen LogP contribution in [0.3, 0.4) is 0 Å². The number of hydrogen-bond acceptors (Lipinski definition) is 4. The summed E-state index contributed by atoms with van der Waals surface area (Å²) in [5, 5.41) is 22.9. The first kappa shape index (κ1) is 12.6. The van der Waals surface area contributed by atoms with Crippen LogP contribution in [0.15, 0.2) is 6.07 Å². The van der Waals surface area contributed by atoms with E-state index in [4.69, 9.17) is 0 Å². The van der Waals surface area contributed by atoms with Gasteiger partial charge in [0, 0.05) is 31.2 Å². The van der Waals surface area contributed by atoms with Crippen molar-refractivity contribution < 1.29 is 15.0 Å². The highest BCUT2D eigenvalue weighted by Crippen LogP contribution is 2.62. The second-order valence-electron chi connectivity index (χ2n) is 5.77. The van der Waals surface area contributed by atoms with Crippen LogP contribution < -0.4 is 0 Å². The third-order valence-electron chi connectivity index (χ3n) is 4.90. The number of carbonyl (C=O) groups excluding carboxylic acids is 1. The van der Waals surface area contributed by atoms with E-state index in [9.17, 15) is 15.0 Å². The minimum atomic E-state index is -0.350. The van der Waals surface area contributed by atoms with Gasteiger partial charge in [0.15, 0.2) is 5.69 Å². The fourth-order valence-electron chi connectivity index (χ4n) is 3.35. The zero-order valence-corrected chi connectivity index (χ0v) is 11.2. The molecule has 1 aromatic heterocycles. The van der Waals surface area contributed by atoms with Gasteiger partial charge in [0.05, 0.1) is 13.2 Å². The van der Waals surface area contributed by atoms with Gasteiger partial charge >= 0.3 is 0 Å². The molecule has 1 aliphatic heterocycles. The van der Waals surface area contributed by atoms with E-state index < -0.39 is 0 Å². The largest absolute Gasteiger partial charge is 0.396 e. The number of nitrogens with zero attached hydrogens (tertiary/aromatic N) is 3. The highest BCUT2D eigenvalue weighted by Gasteiger charge is 2.68. The van der Waals surface area contributed by atoms with Gasteiger partial charge < -0.3 is 15.1 Å². The fourth-order valence-corrected chi connectivity index (χ4v) is 3.35. The van der Waals surface area contributed by atoms with Crippen molar-refractivity contribution in [2.24, 2.45) is 24.3 Å². The number of amides is 1. The van der Waals surface area contributed by atoms with Crippen molar-refractivity contribution in [2.75, 3.05) is 26.3 Å². The van der Waals surface area contributed by atoms with Crippen LogP contribution in [0, 0.1) is 24.2 Å². The number of hydrogen-bond donors (Lipinski definition) is 2. The summed E-state index contributed by atoms with van der Waals surface area (Å²) in [6, 6.07) is 1.79. The summed E-state index contributed by atoms with van der Waals surface area (Å²) >= 11 is 0. The quantitative estimate of drug-likeness (QED) is 0.765. The first-order valence-electron chi connectivity index (χ1n) is 6.55. The van der Waals surface area contributed by atoms with E-state index in [0.717, 1.165) is 5.69 Å². The summed E-state index contributed by atoms with van der Waals surface area (Å²) in [5.41, 5.74) is 1.07. The fraction of sp³-hybridized carbons (Fsp3) is 0.692. The maximum atomic E-state index is 12.3. The first-order chi connectivity index (χ1) is 9.03. The van der Waals surface area contributed by atoms with Crippen LogP contribution in [0.1, 0.15) is 16.2 Å². The zero-order chi connectivity index (χ0) is 13.8. The lowest BCUT2D eigenvalue weighted by Gasteiger charge is -2.23. The number of aromatic nitrogens is 2. The van der Waals surface area contributed by atoms with Crippen LogP contribution in [0.5, 0.6) is 0 Å². The molecule has 2 fully saturated rings. The number of piperidine rings is 1. The molecule has 1 aliphatic carbocycles. The van der Waals surface area contributed by atoms with Gasteiger partial charge in [0.1, 0.15) is 0 Å². The van der Waals surface area contributed by atoms with Crippen molar-refractivity contribution in [3.8, 4) is 0 Å². The van der Waals surface area contributed by atoms with Gasteiger partial charge in [-0.3, -0.25) is 9.48 Å². The summed E-state index contributed by atoms with van der Waals surface area (Å²) in [6.07, 6.45) is 0. The van der Waals surface area contributed by atoms with Gasteiger partial charge in [-0.05, 0) is 24.8 Å². The Labute approximate surface area is 111 Å². The molecule has 2 heterocycles. The van der Waals surface area contributed by atoms with Crippen LogP contribution in [0.4, 0.5) is 0 Å². The molecule has 2 unspecified atom stereocenters. The Balaban J connectivity index is 1.70. The Hall–Kier alpha value is -1.40. The van der Waals surface area contributed by atoms with Gasteiger partial charge in [-0.1, -0.05) is 0 Å². The third-order valence-corrected chi connectivity index (χ3v) is 4.90. The summed E-state index contributed by atoms with van der Waals surface area (Å²) in [5.74, 6) is 0.410. The number of fused-ring (bicyclic) bond motifs is 1. The lowest BCUT2D eigenvalue weighted by atomic mass is 10.0. The van der Waals surface area contributed by atoms with Gasteiger partial charge in [0.2, 0.25) is 0 Å². The lowest BCUT2D eigenvalue weighted by molar-refractivity contribution is 0.0632. The van der Waals surface area contributed by atoms with Gasteiger partial charge in [-0.15, -0.1) is 0 Å². The minimum Gasteiger partial charge on any atom is -0.396 e.